The summed E-state index contributed by atoms with van der Waals surface area (Å²) in [5.41, 5.74) is 0.581. The number of rotatable bonds is 4. The van der Waals surface area contributed by atoms with Crippen LogP contribution in [-0.2, 0) is 16.2 Å². The highest BCUT2D eigenvalue weighted by molar-refractivity contribution is 7.89. The Morgan fingerprint density at radius 2 is 1.55 bits per heavy atom. The van der Waals surface area contributed by atoms with Crippen molar-refractivity contribution in [3.8, 4) is 0 Å². The molecule has 156 valence electrons. The maximum Gasteiger partial charge on any atom is 0.416 e. The van der Waals surface area contributed by atoms with Gasteiger partial charge in [-0.25, -0.2) is 0 Å². The number of piperidine rings is 1. The fraction of sp³-hybridized carbons (Fsp3) is 0.350. The average Bonchev–Trinajstić information content (AvgIpc) is 2.69. The highest BCUT2D eigenvalue weighted by atomic mass is 32.2. The molecule has 1 aliphatic rings. The Morgan fingerprint density at radius 3 is 2.10 bits per heavy atom. The van der Waals surface area contributed by atoms with E-state index in [0.29, 0.717) is 24.5 Å². The number of hydrazone groups is 1. The third kappa shape index (κ3) is 5.29. The van der Waals surface area contributed by atoms with E-state index >= 15 is 0 Å². The van der Waals surface area contributed by atoms with Crippen LogP contribution in [0.2, 0.25) is 0 Å². The van der Waals surface area contributed by atoms with Gasteiger partial charge in [0.05, 0.1) is 10.5 Å². The number of halogens is 3. The molecular weight excluding hydrogens is 403 g/mol. The highest BCUT2D eigenvalue weighted by Crippen LogP contribution is 2.29. The normalized spacial score (nSPS) is 16.0. The Kier molecular flexibility index (Phi) is 6.16. The van der Waals surface area contributed by atoms with Gasteiger partial charge in [-0.3, -0.25) is 0 Å². The summed E-state index contributed by atoms with van der Waals surface area (Å²) in [6, 6.07) is 10.9. The number of nitrogens with one attached hydrogen (secondary N) is 1. The van der Waals surface area contributed by atoms with Crippen LogP contribution in [0.15, 0.2) is 58.5 Å². The summed E-state index contributed by atoms with van der Waals surface area (Å²) in [5, 5.41) is 4.10. The quantitative estimate of drug-likeness (QED) is 0.455. The van der Waals surface area contributed by atoms with Crippen LogP contribution in [0.1, 0.15) is 36.0 Å². The first-order valence-corrected chi connectivity index (χ1v) is 10.7. The van der Waals surface area contributed by atoms with Crippen LogP contribution in [0.3, 0.4) is 0 Å². The zero-order valence-electron chi connectivity index (χ0n) is 15.9. The summed E-state index contributed by atoms with van der Waals surface area (Å²) >= 11 is 0. The van der Waals surface area contributed by atoms with Crippen molar-refractivity contribution in [2.24, 2.45) is 5.10 Å². The molecule has 1 saturated heterocycles. The number of benzene rings is 2. The maximum absolute atomic E-state index is 12.9. The van der Waals surface area contributed by atoms with Gasteiger partial charge in [0.1, 0.15) is 0 Å². The SMILES string of the molecule is Cc1ccc(S(=O)(=O)NN=C(c2ccc(C(F)(F)F)cc2)N2CCCCC2)cc1. The van der Waals surface area contributed by atoms with Gasteiger partial charge in [-0.1, -0.05) is 29.8 Å². The van der Waals surface area contributed by atoms with Gasteiger partial charge in [-0.15, -0.1) is 5.10 Å². The Hall–Kier alpha value is -2.55. The van der Waals surface area contributed by atoms with E-state index in [1.54, 1.807) is 12.1 Å². The molecule has 0 radical (unpaired) electrons. The van der Waals surface area contributed by atoms with Gasteiger partial charge in [0.25, 0.3) is 10.0 Å². The minimum atomic E-state index is -4.44. The van der Waals surface area contributed by atoms with Crippen LogP contribution < -0.4 is 4.83 Å². The molecule has 0 aromatic heterocycles. The minimum Gasteiger partial charge on any atom is -0.355 e. The van der Waals surface area contributed by atoms with Crippen LogP contribution in [0.25, 0.3) is 0 Å². The fourth-order valence-corrected chi connectivity index (χ4v) is 3.91. The Bertz CT molecular complexity index is 964. The summed E-state index contributed by atoms with van der Waals surface area (Å²) in [6.45, 7) is 3.17. The Labute approximate surface area is 168 Å². The lowest BCUT2D eigenvalue weighted by Crippen LogP contribution is -2.38. The Morgan fingerprint density at radius 1 is 0.966 bits per heavy atom. The molecule has 0 amide bonds. The van der Waals surface area contributed by atoms with Crippen molar-refractivity contribution < 1.29 is 21.6 Å². The summed E-state index contributed by atoms with van der Waals surface area (Å²) in [7, 11) is -3.89. The van der Waals surface area contributed by atoms with Crippen molar-refractivity contribution in [1.82, 2.24) is 9.73 Å². The topological polar surface area (TPSA) is 61.8 Å². The molecule has 0 bridgehead atoms. The van der Waals surface area contributed by atoms with Crippen LogP contribution in [-0.4, -0.2) is 32.2 Å². The third-order valence-corrected chi connectivity index (χ3v) is 5.95. The second kappa shape index (κ2) is 8.44. The van der Waals surface area contributed by atoms with Gasteiger partial charge in [0.15, 0.2) is 5.84 Å². The molecule has 29 heavy (non-hydrogen) atoms. The van der Waals surface area contributed by atoms with Crippen molar-refractivity contribution in [3.05, 3.63) is 65.2 Å². The van der Waals surface area contributed by atoms with Gasteiger partial charge < -0.3 is 4.90 Å². The standard InChI is InChI=1S/C20H22F3N3O2S/c1-15-5-11-18(12-6-15)29(27,28)25-24-19(26-13-3-2-4-14-26)16-7-9-17(10-8-16)20(21,22)23/h5-12,25H,2-4,13-14H2,1H3. The molecule has 1 fully saturated rings. The molecule has 0 atom stereocenters. The van der Waals surface area contributed by atoms with Crippen LogP contribution >= 0.6 is 0 Å². The summed E-state index contributed by atoms with van der Waals surface area (Å²) in [5.74, 6) is 0.314. The van der Waals surface area contributed by atoms with Crippen molar-refractivity contribution >= 4 is 15.9 Å². The first-order valence-electron chi connectivity index (χ1n) is 9.25. The van der Waals surface area contributed by atoms with E-state index in [4.69, 9.17) is 0 Å². The van der Waals surface area contributed by atoms with Crippen molar-refractivity contribution in [2.75, 3.05) is 13.1 Å². The van der Waals surface area contributed by atoms with E-state index in [2.05, 4.69) is 9.93 Å². The number of sulfonamides is 1. The molecule has 9 heteroatoms. The minimum absolute atomic E-state index is 0.0669. The largest absolute Gasteiger partial charge is 0.416 e. The lowest BCUT2D eigenvalue weighted by Gasteiger charge is -2.30. The van der Waals surface area contributed by atoms with Gasteiger partial charge in [-0.05, 0) is 50.5 Å². The third-order valence-electron chi connectivity index (χ3n) is 4.73. The zero-order chi connectivity index (χ0) is 21.1. The lowest BCUT2D eigenvalue weighted by atomic mass is 10.1. The van der Waals surface area contributed by atoms with E-state index in [-0.39, 0.29) is 4.90 Å². The molecule has 1 N–H and O–H groups in total. The van der Waals surface area contributed by atoms with E-state index < -0.39 is 21.8 Å². The molecule has 0 saturated carbocycles. The van der Waals surface area contributed by atoms with Crippen LogP contribution in [0, 0.1) is 6.92 Å². The predicted molar refractivity (Wildman–Crippen MR) is 105 cm³/mol. The highest BCUT2D eigenvalue weighted by Gasteiger charge is 2.30. The molecule has 0 aliphatic carbocycles. The molecule has 0 spiro atoms. The van der Waals surface area contributed by atoms with E-state index in [1.807, 2.05) is 11.8 Å². The summed E-state index contributed by atoms with van der Waals surface area (Å²) < 4.78 is 63.7. The second-order valence-corrected chi connectivity index (χ2v) is 8.63. The molecule has 2 aromatic carbocycles. The number of likely N-dealkylation sites (tertiary alicyclic amines) is 1. The Balaban J connectivity index is 1.92. The molecular formula is C20H22F3N3O2S. The van der Waals surface area contributed by atoms with E-state index in [0.717, 1.165) is 37.0 Å². The van der Waals surface area contributed by atoms with Crippen LogP contribution in [0.5, 0.6) is 0 Å². The first kappa shape index (κ1) is 21.2. The first-order chi connectivity index (χ1) is 13.7. The number of nitrogens with zero attached hydrogens (tertiary/aromatic N) is 2. The zero-order valence-corrected chi connectivity index (χ0v) is 16.7. The fourth-order valence-electron chi connectivity index (χ4n) is 3.11. The molecule has 3 rings (SSSR count). The smallest absolute Gasteiger partial charge is 0.355 e. The van der Waals surface area contributed by atoms with Gasteiger partial charge in [-0.2, -0.15) is 26.4 Å². The number of hydrogen-bond acceptors (Lipinski definition) is 3. The van der Waals surface area contributed by atoms with E-state index in [9.17, 15) is 21.6 Å². The molecule has 0 unspecified atom stereocenters. The van der Waals surface area contributed by atoms with Gasteiger partial charge >= 0.3 is 6.18 Å². The number of hydrogen-bond donors (Lipinski definition) is 1. The molecule has 5 nitrogen and oxygen atoms in total. The van der Waals surface area contributed by atoms with Gasteiger partial charge in [0.2, 0.25) is 0 Å². The number of amidine groups is 1. The maximum atomic E-state index is 12.9. The van der Waals surface area contributed by atoms with Crippen molar-refractivity contribution in [3.63, 3.8) is 0 Å². The summed E-state index contributed by atoms with van der Waals surface area (Å²) in [4.78, 5) is 4.19. The van der Waals surface area contributed by atoms with Crippen molar-refractivity contribution in [2.45, 2.75) is 37.3 Å². The molecule has 1 heterocycles. The monoisotopic (exact) mass is 425 g/mol. The van der Waals surface area contributed by atoms with Crippen LogP contribution in [0.4, 0.5) is 13.2 Å². The molecule has 1 aliphatic heterocycles. The predicted octanol–water partition coefficient (Wildman–Crippen LogP) is 4.14. The molecule has 2 aromatic rings. The number of aryl methyl sites for hydroxylation is 1. The second-order valence-electron chi connectivity index (χ2n) is 6.97. The average molecular weight is 425 g/mol. The van der Waals surface area contributed by atoms with Gasteiger partial charge in [0, 0.05) is 18.7 Å². The lowest BCUT2D eigenvalue weighted by molar-refractivity contribution is -0.137. The number of alkyl halides is 3. The summed E-state index contributed by atoms with van der Waals surface area (Å²) in [6.07, 6.45) is -1.57. The van der Waals surface area contributed by atoms with E-state index in [1.165, 1.54) is 24.3 Å². The van der Waals surface area contributed by atoms with Crippen molar-refractivity contribution in [1.29, 1.82) is 0 Å².